The molecule has 10 aromatic rings. The minimum Gasteiger partial charge on any atom is -0.309 e. The lowest BCUT2D eigenvalue weighted by atomic mass is 10.00. The van der Waals surface area contributed by atoms with Crippen LogP contribution in [0.15, 0.2) is 146 Å². The Kier molecular flexibility index (Phi) is 4.63. The Bertz CT molecular complexity index is 2650. The highest BCUT2D eigenvalue weighted by Crippen LogP contribution is 2.51. The second-order valence-electron chi connectivity index (χ2n) is 11.3. The van der Waals surface area contributed by atoms with Gasteiger partial charge in [0, 0.05) is 43.1 Å². The number of nitrogens with zero attached hydrogens (tertiary/aromatic N) is 2. The van der Waals surface area contributed by atoms with Gasteiger partial charge in [-0.15, -0.1) is 11.3 Å². The average Bonchev–Trinajstić information content (AvgIpc) is 3.80. The van der Waals surface area contributed by atoms with Crippen LogP contribution in [0.5, 0.6) is 0 Å². The van der Waals surface area contributed by atoms with Crippen molar-refractivity contribution in [2.24, 2.45) is 0 Å². The Morgan fingerprint density at radius 3 is 1.86 bits per heavy atom. The monoisotopic (exact) mass is 564 g/mol. The van der Waals surface area contributed by atoms with Gasteiger partial charge in [-0.1, -0.05) is 109 Å². The smallest absolute Gasteiger partial charge is 0.0734 e. The Hall–Kier alpha value is -5.38. The molecule has 10 rings (SSSR count). The second kappa shape index (κ2) is 8.57. The summed E-state index contributed by atoms with van der Waals surface area (Å²) in [5.41, 5.74) is 11.4. The Balaban J connectivity index is 1.34. The van der Waals surface area contributed by atoms with Crippen molar-refractivity contribution in [3.63, 3.8) is 0 Å². The van der Waals surface area contributed by atoms with E-state index in [1.165, 1.54) is 86.5 Å². The van der Waals surface area contributed by atoms with Crippen LogP contribution in [-0.4, -0.2) is 8.97 Å². The molecule has 0 aliphatic carbocycles. The Labute approximate surface area is 251 Å². The standard InChI is InChI=1S/C40H24N2S/c1-3-12-25(13-4-1)36-38-40(31-19-11-18-30-28-16-7-10-21-34(28)42(38)37(30)31)43-39(36)26-22-23-35-32(24-26)29-17-8-9-20-33(29)41(35)27-14-5-2-6-15-27/h1-24H. The SMILES string of the molecule is c1ccc(-c2c(-c3ccc4c(c3)c3ccccc3n4-c3ccccc3)sc3c4cccc5c6ccccc6n(c23)c54)cc1. The number of thiophene rings is 1. The molecule has 3 heteroatoms. The fraction of sp³-hybridized carbons (Fsp3) is 0. The van der Waals surface area contributed by atoms with Crippen molar-refractivity contribution >= 4 is 70.6 Å². The van der Waals surface area contributed by atoms with E-state index in [-0.39, 0.29) is 0 Å². The summed E-state index contributed by atoms with van der Waals surface area (Å²) in [6, 6.07) is 53.1. The zero-order valence-electron chi connectivity index (χ0n) is 23.2. The lowest BCUT2D eigenvalue weighted by Gasteiger charge is -2.09. The Morgan fingerprint density at radius 1 is 0.419 bits per heavy atom. The third-order valence-corrected chi connectivity index (χ3v) is 10.3. The van der Waals surface area contributed by atoms with Crippen LogP contribution in [0.3, 0.4) is 0 Å². The van der Waals surface area contributed by atoms with E-state index < -0.39 is 0 Å². The number of benzene rings is 6. The quantitative estimate of drug-likeness (QED) is 0.202. The molecule has 0 aliphatic heterocycles. The summed E-state index contributed by atoms with van der Waals surface area (Å²) in [6.07, 6.45) is 0. The lowest BCUT2D eigenvalue weighted by molar-refractivity contribution is 1.18. The van der Waals surface area contributed by atoms with Crippen molar-refractivity contribution in [2.45, 2.75) is 0 Å². The van der Waals surface area contributed by atoms with E-state index in [1.54, 1.807) is 0 Å². The summed E-state index contributed by atoms with van der Waals surface area (Å²) in [5, 5.41) is 6.52. The summed E-state index contributed by atoms with van der Waals surface area (Å²) in [4.78, 5) is 1.31. The maximum absolute atomic E-state index is 2.53. The van der Waals surface area contributed by atoms with Crippen LogP contribution in [0, 0.1) is 0 Å². The van der Waals surface area contributed by atoms with Gasteiger partial charge in [0.15, 0.2) is 0 Å². The minimum atomic E-state index is 1.18. The van der Waals surface area contributed by atoms with Crippen LogP contribution in [0.4, 0.5) is 0 Å². The predicted molar refractivity (Wildman–Crippen MR) is 184 cm³/mol. The molecule has 0 radical (unpaired) electrons. The molecule has 2 nitrogen and oxygen atoms in total. The van der Waals surface area contributed by atoms with E-state index in [0.29, 0.717) is 0 Å². The molecule has 4 aromatic heterocycles. The molecule has 0 fully saturated rings. The first-order chi connectivity index (χ1) is 21.4. The normalized spacial score (nSPS) is 12.2. The van der Waals surface area contributed by atoms with Crippen molar-refractivity contribution < 1.29 is 0 Å². The molecule has 43 heavy (non-hydrogen) atoms. The van der Waals surface area contributed by atoms with E-state index in [0.717, 1.165) is 0 Å². The van der Waals surface area contributed by atoms with E-state index in [2.05, 4.69) is 155 Å². The van der Waals surface area contributed by atoms with Gasteiger partial charge in [-0.25, -0.2) is 0 Å². The third kappa shape index (κ3) is 3.07. The highest BCUT2D eigenvalue weighted by Gasteiger charge is 2.25. The summed E-state index contributed by atoms with van der Waals surface area (Å²) >= 11 is 1.93. The van der Waals surface area contributed by atoms with Crippen molar-refractivity contribution in [2.75, 3.05) is 0 Å². The largest absolute Gasteiger partial charge is 0.309 e. The van der Waals surface area contributed by atoms with E-state index >= 15 is 0 Å². The van der Waals surface area contributed by atoms with Crippen molar-refractivity contribution in [1.29, 1.82) is 0 Å². The van der Waals surface area contributed by atoms with Gasteiger partial charge in [0.2, 0.25) is 0 Å². The first-order valence-corrected chi connectivity index (χ1v) is 15.5. The topological polar surface area (TPSA) is 9.34 Å². The summed E-state index contributed by atoms with van der Waals surface area (Å²) in [7, 11) is 0. The molecule has 0 N–H and O–H groups in total. The van der Waals surface area contributed by atoms with Gasteiger partial charge in [-0.2, -0.15) is 0 Å². The molecular weight excluding hydrogens is 541 g/mol. The third-order valence-electron chi connectivity index (χ3n) is 9.06. The van der Waals surface area contributed by atoms with Gasteiger partial charge in [0.05, 0.1) is 32.3 Å². The molecule has 0 amide bonds. The molecule has 0 spiro atoms. The van der Waals surface area contributed by atoms with Crippen LogP contribution in [0.2, 0.25) is 0 Å². The number of aromatic nitrogens is 2. The average molecular weight is 565 g/mol. The van der Waals surface area contributed by atoms with E-state index in [9.17, 15) is 0 Å². The zero-order chi connectivity index (χ0) is 28.1. The predicted octanol–water partition coefficient (Wildman–Crippen LogP) is 11.3. The number of hydrogen-bond donors (Lipinski definition) is 0. The first kappa shape index (κ1) is 23.2. The number of rotatable bonds is 3. The van der Waals surface area contributed by atoms with Gasteiger partial charge in [0.25, 0.3) is 0 Å². The Morgan fingerprint density at radius 2 is 1.05 bits per heavy atom. The molecule has 200 valence electrons. The van der Waals surface area contributed by atoms with Crippen molar-refractivity contribution in [3.05, 3.63) is 146 Å². The number of fused-ring (bicyclic) bond motifs is 9. The van der Waals surface area contributed by atoms with Crippen LogP contribution >= 0.6 is 11.3 Å². The van der Waals surface area contributed by atoms with Gasteiger partial charge in [-0.05, 0) is 47.5 Å². The summed E-state index contributed by atoms with van der Waals surface area (Å²) < 4.78 is 6.27. The maximum atomic E-state index is 2.53. The van der Waals surface area contributed by atoms with Crippen LogP contribution in [0.25, 0.3) is 86.5 Å². The highest BCUT2D eigenvalue weighted by molar-refractivity contribution is 7.24. The molecule has 0 unspecified atom stereocenters. The molecule has 0 bridgehead atoms. The molecule has 0 atom stereocenters. The van der Waals surface area contributed by atoms with Crippen molar-refractivity contribution in [3.8, 4) is 27.3 Å². The molecule has 4 heterocycles. The van der Waals surface area contributed by atoms with Crippen LogP contribution < -0.4 is 0 Å². The molecule has 0 saturated heterocycles. The van der Waals surface area contributed by atoms with Gasteiger partial charge < -0.3 is 8.97 Å². The number of para-hydroxylation sites is 4. The van der Waals surface area contributed by atoms with E-state index in [1.807, 2.05) is 11.3 Å². The van der Waals surface area contributed by atoms with Crippen molar-refractivity contribution in [1.82, 2.24) is 8.97 Å². The van der Waals surface area contributed by atoms with Gasteiger partial charge >= 0.3 is 0 Å². The molecular formula is C40H24N2S. The maximum Gasteiger partial charge on any atom is 0.0734 e. The fourth-order valence-corrected chi connectivity index (χ4v) is 8.63. The van der Waals surface area contributed by atoms with Gasteiger partial charge in [-0.3, -0.25) is 0 Å². The molecule has 0 aliphatic rings. The van der Waals surface area contributed by atoms with Gasteiger partial charge in [0.1, 0.15) is 0 Å². The number of hydrogen-bond acceptors (Lipinski definition) is 1. The minimum absolute atomic E-state index is 1.18. The lowest BCUT2D eigenvalue weighted by Crippen LogP contribution is -1.92. The molecule has 0 saturated carbocycles. The van der Waals surface area contributed by atoms with Crippen LogP contribution in [-0.2, 0) is 0 Å². The highest BCUT2D eigenvalue weighted by atomic mass is 32.1. The molecule has 6 aromatic carbocycles. The zero-order valence-corrected chi connectivity index (χ0v) is 24.0. The van der Waals surface area contributed by atoms with E-state index in [4.69, 9.17) is 0 Å². The first-order valence-electron chi connectivity index (χ1n) is 14.7. The summed E-state index contributed by atoms with van der Waals surface area (Å²) in [5.74, 6) is 0. The second-order valence-corrected chi connectivity index (χ2v) is 12.3. The fourth-order valence-electron chi connectivity index (χ4n) is 7.30. The van der Waals surface area contributed by atoms with Crippen LogP contribution in [0.1, 0.15) is 0 Å². The summed E-state index contributed by atoms with van der Waals surface area (Å²) in [6.45, 7) is 0.